The van der Waals surface area contributed by atoms with E-state index in [0.29, 0.717) is 5.75 Å². The largest absolute Gasteiger partial charge is 0.483 e. The van der Waals surface area contributed by atoms with E-state index in [2.05, 4.69) is 47.2 Å². The molecule has 0 aliphatic carbocycles. The molecule has 0 aliphatic heterocycles. The van der Waals surface area contributed by atoms with Crippen molar-refractivity contribution < 1.29 is 9.53 Å². The van der Waals surface area contributed by atoms with E-state index in [1.165, 1.54) is 5.56 Å². The summed E-state index contributed by atoms with van der Waals surface area (Å²) >= 11 is 3.49. The Hall–Kier alpha value is -2.14. The average Bonchev–Trinajstić information content (AvgIpc) is 2.54. The van der Waals surface area contributed by atoms with Crippen LogP contribution < -0.4 is 10.2 Å². The molecule has 2 rings (SSSR count). The van der Waals surface area contributed by atoms with Crippen molar-refractivity contribution >= 4 is 28.1 Å². The van der Waals surface area contributed by atoms with Crippen LogP contribution in [-0.4, -0.2) is 18.7 Å². The third-order valence-electron chi connectivity index (χ3n) is 3.36. The van der Waals surface area contributed by atoms with Crippen LogP contribution in [0.3, 0.4) is 0 Å². The zero-order valence-corrected chi connectivity index (χ0v) is 15.6. The fraction of sp³-hybridized carbons (Fsp3) is 0.263. The molecule has 0 fully saturated rings. The Morgan fingerprint density at radius 3 is 2.54 bits per heavy atom. The molecule has 0 saturated heterocycles. The average molecular weight is 389 g/mol. The van der Waals surface area contributed by atoms with Crippen LogP contribution in [0.5, 0.6) is 5.75 Å². The van der Waals surface area contributed by atoms with E-state index in [9.17, 15) is 4.79 Å². The Balaban J connectivity index is 1.87. The van der Waals surface area contributed by atoms with Gasteiger partial charge in [0, 0.05) is 0 Å². The number of hydrogen-bond acceptors (Lipinski definition) is 3. The van der Waals surface area contributed by atoms with Gasteiger partial charge >= 0.3 is 0 Å². The molecule has 0 spiro atoms. The second kappa shape index (κ2) is 8.11. The first kappa shape index (κ1) is 18.2. The molecule has 2 aromatic rings. The van der Waals surface area contributed by atoms with E-state index in [-0.39, 0.29) is 17.9 Å². The fourth-order valence-corrected chi connectivity index (χ4v) is 2.47. The maximum atomic E-state index is 11.8. The monoisotopic (exact) mass is 388 g/mol. The molecule has 0 atom stereocenters. The zero-order valence-electron chi connectivity index (χ0n) is 14.0. The molecule has 126 valence electrons. The molecule has 1 N–H and O–H groups in total. The van der Waals surface area contributed by atoms with Crippen molar-refractivity contribution in [2.45, 2.75) is 26.2 Å². The van der Waals surface area contributed by atoms with Crippen LogP contribution in [0, 0.1) is 0 Å². The summed E-state index contributed by atoms with van der Waals surface area (Å²) in [4.78, 5) is 11.8. The van der Waals surface area contributed by atoms with Gasteiger partial charge in [0.05, 0.1) is 10.7 Å². The summed E-state index contributed by atoms with van der Waals surface area (Å²) in [6.07, 6.45) is 1.59. The van der Waals surface area contributed by atoms with Gasteiger partial charge in [0.1, 0.15) is 5.75 Å². The van der Waals surface area contributed by atoms with Crippen LogP contribution in [-0.2, 0) is 10.2 Å². The van der Waals surface area contributed by atoms with Crippen molar-refractivity contribution in [2.75, 3.05) is 6.61 Å². The number of nitrogens with zero attached hydrogens (tertiary/aromatic N) is 1. The highest BCUT2D eigenvalue weighted by molar-refractivity contribution is 9.10. The lowest BCUT2D eigenvalue weighted by Gasteiger charge is -2.20. The van der Waals surface area contributed by atoms with Crippen LogP contribution in [0.2, 0.25) is 0 Å². The molecule has 2 aromatic carbocycles. The van der Waals surface area contributed by atoms with Crippen molar-refractivity contribution in [1.29, 1.82) is 0 Å². The molecule has 0 aliphatic rings. The Labute approximate surface area is 151 Å². The highest BCUT2D eigenvalue weighted by Crippen LogP contribution is 2.31. The second-order valence-corrected chi connectivity index (χ2v) is 7.24. The molecule has 5 heteroatoms. The number of amides is 1. The molecule has 24 heavy (non-hydrogen) atoms. The first-order valence-corrected chi connectivity index (χ1v) is 8.45. The Kier molecular flexibility index (Phi) is 6.15. The van der Waals surface area contributed by atoms with Crippen molar-refractivity contribution in [2.24, 2.45) is 5.10 Å². The van der Waals surface area contributed by atoms with Crippen molar-refractivity contribution in [3.05, 3.63) is 64.1 Å². The summed E-state index contributed by atoms with van der Waals surface area (Å²) in [5.74, 6) is 0.319. The number of rotatable bonds is 5. The molecule has 1 amide bonds. The zero-order chi connectivity index (χ0) is 17.6. The van der Waals surface area contributed by atoms with Crippen LogP contribution in [0.1, 0.15) is 31.9 Å². The molecule has 0 radical (unpaired) electrons. The lowest BCUT2D eigenvalue weighted by molar-refractivity contribution is -0.123. The van der Waals surface area contributed by atoms with E-state index in [1.54, 1.807) is 6.21 Å². The lowest BCUT2D eigenvalue weighted by Crippen LogP contribution is -2.24. The molecule has 0 aromatic heterocycles. The van der Waals surface area contributed by atoms with Crippen LogP contribution in [0.4, 0.5) is 0 Å². The van der Waals surface area contributed by atoms with Gasteiger partial charge in [0.25, 0.3) is 5.91 Å². The highest BCUT2D eigenvalue weighted by Gasteiger charge is 2.15. The van der Waals surface area contributed by atoms with Crippen molar-refractivity contribution in [3.63, 3.8) is 0 Å². The van der Waals surface area contributed by atoms with Gasteiger partial charge in [0.2, 0.25) is 0 Å². The molecule has 0 saturated carbocycles. The van der Waals surface area contributed by atoms with Crippen molar-refractivity contribution in [3.8, 4) is 5.75 Å². The number of halogens is 1. The maximum absolute atomic E-state index is 11.8. The van der Waals surface area contributed by atoms with E-state index in [1.807, 2.05) is 48.5 Å². The molecular formula is C19H21BrN2O2. The number of carbonyl (C=O) groups excluding carboxylic acids is 1. The van der Waals surface area contributed by atoms with Gasteiger partial charge in [-0.05, 0) is 44.6 Å². The van der Waals surface area contributed by atoms with Gasteiger partial charge in [-0.2, -0.15) is 5.10 Å². The third kappa shape index (κ3) is 5.49. The van der Waals surface area contributed by atoms with Gasteiger partial charge in [-0.25, -0.2) is 5.43 Å². The summed E-state index contributed by atoms with van der Waals surface area (Å²) in [7, 11) is 0. The maximum Gasteiger partial charge on any atom is 0.277 e. The first-order chi connectivity index (χ1) is 11.4. The normalized spacial score (nSPS) is 11.5. The summed E-state index contributed by atoms with van der Waals surface area (Å²) in [5, 5.41) is 3.91. The quantitative estimate of drug-likeness (QED) is 0.613. The lowest BCUT2D eigenvalue weighted by atomic mass is 9.87. The van der Waals surface area contributed by atoms with Gasteiger partial charge in [-0.1, -0.05) is 57.2 Å². The van der Waals surface area contributed by atoms with Crippen LogP contribution in [0.15, 0.2) is 58.1 Å². The Morgan fingerprint density at radius 2 is 1.92 bits per heavy atom. The SMILES string of the molecule is CC(C)(C)c1ccc(OCC(=O)NN=Cc2ccccc2)c(Br)c1. The second-order valence-electron chi connectivity index (χ2n) is 6.39. The summed E-state index contributed by atoms with van der Waals surface area (Å²) in [5.41, 5.74) is 4.62. The number of carbonyl (C=O) groups is 1. The van der Waals surface area contributed by atoms with Gasteiger partial charge in [-0.15, -0.1) is 0 Å². The summed E-state index contributed by atoms with van der Waals surface area (Å²) in [6.45, 7) is 6.34. The van der Waals surface area contributed by atoms with E-state index in [4.69, 9.17) is 4.74 Å². The third-order valence-corrected chi connectivity index (χ3v) is 3.98. The predicted molar refractivity (Wildman–Crippen MR) is 101 cm³/mol. The van der Waals surface area contributed by atoms with Crippen LogP contribution in [0.25, 0.3) is 0 Å². The molecule has 0 unspecified atom stereocenters. The standard InChI is InChI=1S/C19H21BrN2O2/c1-19(2,3)15-9-10-17(16(20)11-15)24-13-18(23)22-21-12-14-7-5-4-6-8-14/h4-12H,13H2,1-3H3,(H,22,23). The smallest absolute Gasteiger partial charge is 0.277 e. The van der Waals surface area contributed by atoms with Gasteiger partial charge in [0.15, 0.2) is 6.61 Å². The predicted octanol–water partition coefficient (Wildman–Crippen LogP) is 4.28. The number of hydrazone groups is 1. The van der Waals surface area contributed by atoms with E-state index < -0.39 is 0 Å². The molecule has 0 bridgehead atoms. The summed E-state index contributed by atoms with van der Waals surface area (Å²) in [6, 6.07) is 15.4. The van der Waals surface area contributed by atoms with Gasteiger partial charge in [-0.3, -0.25) is 4.79 Å². The first-order valence-electron chi connectivity index (χ1n) is 7.66. The number of ether oxygens (including phenoxy) is 1. The molecular weight excluding hydrogens is 368 g/mol. The minimum absolute atomic E-state index is 0.0601. The minimum Gasteiger partial charge on any atom is -0.483 e. The topological polar surface area (TPSA) is 50.7 Å². The minimum atomic E-state index is -0.311. The van der Waals surface area contributed by atoms with Crippen molar-refractivity contribution in [1.82, 2.24) is 5.43 Å². The van der Waals surface area contributed by atoms with E-state index in [0.717, 1.165) is 10.0 Å². The molecule has 4 nitrogen and oxygen atoms in total. The van der Waals surface area contributed by atoms with E-state index >= 15 is 0 Å². The molecule has 0 heterocycles. The number of nitrogens with one attached hydrogen (secondary N) is 1. The van der Waals surface area contributed by atoms with Gasteiger partial charge < -0.3 is 4.74 Å². The fourth-order valence-electron chi connectivity index (χ4n) is 1.98. The van der Waals surface area contributed by atoms with Crippen LogP contribution >= 0.6 is 15.9 Å². The summed E-state index contributed by atoms with van der Waals surface area (Å²) < 4.78 is 6.37. The highest BCUT2D eigenvalue weighted by atomic mass is 79.9. The Morgan fingerprint density at radius 1 is 1.21 bits per heavy atom. The number of benzene rings is 2. The number of hydrogen-bond donors (Lipinski definition) is 1. The Bertz CT molecular complexity index is 722.